The van der Waals surface area contributed by atoms with Gasteiger partial charge in [-0.05, 0) is 17.7 Å². The lowest BCUT2D eigenvalue weighted by Gasteiger charge is -2.09. The molecule has 0 spiro atoms. The molecule has 0 N–H and O–H groups in total. The SMILES string of the molecule is ClCc1cn(Cc2cc(Br)cc3c2OCC3)cn1. The summed E-state index contributed by atoms with van der Waals surface area (Å²) >= 11 is 9.30. The zero-order valence-corrected chi connectivity index (χ0v) is 12.0. The van der Waals surface area contributed by atoms with Gasteiger partial charge < -0.3 is 9.30 Å². The van der Waals surface area contributed by atoms with Crippen molar-refractivity contribution < 1.29 is 4.74 Å². The smallest absolute Gasteiger partial charge is 0.127 e. The van der Waals surface area contributed by atoms with E-state index in [-0.39, 0.29) is 0 Å². The number of rotatable bonds is 3. The maximum Gasteiger partial charge on any atom is 0.127 e. The predicted octanol–water partition coefficient (Wildman–Crippen LogP) is 3.37. The molecule has 0 saturated carbocycles. The van der Waals surface area contributed by atoms with Gasteiger partial charge in [0.05, 0.1) is 31.1 Å². The van der Waals surface area contributed by atoms with Gasteiger partial charge in [-0.1, -0.05) is 15.9 Å². The first-order valence-corrected chi connectivity index (χ1v) is 7.10. The molecule has 0 radical (unpaired) electrons. The van der Waals surface area contributed by atoms with E-state index in [1.807, 2.05) is 10.8 Å². The van der Waals surface area contributed by atoms with Crippen LogP contribution in [0.15, 0.2) is 29.1 Å². The largest absolute Gasteiger partial charge is 0.493 e. The molecule has 0 saturated heterocycles. The topological polar surface area (TPSA) is 27.1 Å². The molecule has 0 amide bonds. The van der Waals surface area contributed by atoms with Crippen molar-refractivity contribution in [3.05, 3.63) is 46.0 Å². The van der Waals surface area contributed by atoms with E-state index in [0.29, 0.717) is 5.88 Å². The van der Waals surface area contributed by atoms with Gasteiger partial charge in [-0.3, -0.25) is 0 Å². The van der Waals surface area contributed by atoms with E-state index in [2.05, 4.69) is 33.0 Å². The number of alkyl halides is 1. The monoisotopic (exact) mass is 326 g/mol. The Morgan fingerprint density at radius 2 is 2.33 bits per heavy atom. The molecule has 0 bridgehead atoms. The maximum atomic E-state index is 5.75. The minimum Gasteiger partial charge on any atom is -0.493 e. The lowest BCUT2D eigenvalue weighted by atomic mass is 10.1. The number of hydrogen-bond acceptors (Lipinski definition) is 2. The van der Waals surface area contributed by atoms with Gasteiger partial charge in [0.1, 0.15) is 5.75 Å². The van der Waals surface area contributed by atoms with Gasteiger partial charge in [0.2, 0.25) is 0 Å². The van der Waals surface area contributed by atoms with E-state index in [1.165, 1.54) is 11.1 Å². The summed E-state index contributed by atoms with van der Waals surface area (Å²) in [5.74, 6) is 1.47. The van der Waals surface area contributed by atoms with E-state index in [1.54, 1.807) is 6.33 Å². The molecule has 0 unspecified atom stereocenters. The van der Waals surface area contributed by atoms with Crippen LogP contribution in [0.2, 0.25) is 0 Å². The molecule has 94 valence electrons. The zero-order chi connectivity index (χ0) is 12.5. The summed E-state index contributed by atoms with van der Waals surface area (Å²) in [5, 5.41) is 0. The zero-order valence-electron chi connectivity index (χ0n) is 9.70. The molecule has 3 rings (SSSR count). The quantitative estimate of drug-likeness (QED) is 0.808. The first-order valence-electron chi connectivity index (χ1n) is 5.77. The third-order valence-electron chi connectivity index (χ3n) is 3.00. The fourth-order valence-corrected chi connectivity index (χ4v) is 2.91. The van der Waals surface area contributed by atoms with Crippen molar-refractivity contribution in [1.82, 2.24) is 9.55 Å². The highest BCUT2D eigenvalue weighted by molar-refractivity contribution is 9.10. The minimum atomic E-state index is 0.445. The van der Waals surface area contributed by atoms with E-state index in [9.17, 15) is 0 Å². The summed E-state index contributed by atoms with van der Waals surface area (Å²) in [6.45, 7) is 1.53. The average Bonchev–Trinajstić information content (AvgIpc) is 2.97. The number of imidazole rings is 1. The number of aromatic nitrogens is 2. The number of halogens is 2. The van der Waals surface area contributed by atoms with Crippen LogP contribution in [0, 0.1) is 0 Å². The van der Waals surface area contributed by atoms with Crippen molar-refractivity contribution in [2.24, 2.45) is 0 Å². The Balaban J connectivity index is 1.92. The molecule has 5 heteroatoms. The van der Waals surface area contributed by atoms with E-state index in [0.717, 1.165) is 35.5 Å². The van der Waals surface area contributed by atoms with E-state index < -0.39 is 0 Å². The lowest BCUT2D eigenvalue weighted by molar-refractivity contribution is 0.352. The number of nitrogens with zero attached hydrogens (tertiary/aromatic N) is 2. The molecule has 2 aromatic rings. The predicted molar refractivity (Wildman–Crippen MR) is 74.2 cm³/mol. The summed E-state index contributed by atoms with van der Waals surface area (Å²) in [5.41, 5.74) is 3.34. The molecule has 18 heavy (non-hydrogen) atoms. The van der Waals surface area contributed by atoms with Gasteiger partial charge in [0, 0.05) is 22.7 Å². The molecule has 2 heterocycles. The third-order valence-corrected chi connectivity index (χ3v) is 3.73. The highest BCUT2D eigenvalue weighted by Crippen LogP contribution is 2.33. The summed E-state index contributed by atoms with van der Waals surface area (Å²) in [4.78, 5) is 4.23. The summed E-state index contributed by atoms with van der Waals surface area (Å²) in [6, 6.07) is 4.23. The normalized spacial score (nSPS) is 13.4. The molecule has 0 fully saturated rings. The standard InChI is InChI=1S/C13H12BrClN2O/c14-11-3-9-1-2-18-13(9)10(4-11)6-17-7-12(5-15)16-8-17/h3-4,7-8H,1-2,5-6H2. The van der Waals surface area contributed by atoms with Gasteiger partial charge in [0.25, 0.3) is 0 Å². The van der Waals surface area contributed by atoms with Crippen LogP contribution in [0.4, 0.5) is 0 Å². The second kappa shape index (κ2) is 4.94. The van der Waals surface area contributed by atoms with Gasteiger partial charge in [-0.2, -0.15) is 0 Å². The molecule has 1 aliphatic rings. The van der Waals surface area contributed by atoms with Crippen molar-refractivity contribution in [1.29, 1.82) is 0 Å². The van der Waals surface area contributed by atoms with Crippen LogP contribution in [0.5, 0.6) is 5.75 Å². The average molecular weight is 328 g/mol. The summed E-state index contributed by atoms with van der Waals surface area (Å²) in [7, 11) is 0. The molecule has 1 aromatic heterocycles. The fraction of sp³-hybridized carbons (Fsp3) is 0.308. The highest BCUT2D eigenvalue weighted by atomic mass is 79.9. The summed E-state index contributed by atoms with van der Waals surface area (Å²) < 4.78 is 8.84. The number of fused-ring (bicyclic) bond motifs is 1. The van der Waals surface area contributed by atoms with Crippen molar-refractivity contribution in [3.63, 3.8) is 0 Å². The van der Waals surface area contributed by atoms with E-state index in [4.69, 9.17) is 16.3 Å². The van der Waals surface area contributed by atoms with Crippen LogP contribution in [0.1, 0.15) is 16.8 Å². The lowest BCUT2D eigenvalue weighted by Crippen LogP contribution is -1.99. The first-order chi connectivity index (χ1) is 8.76. The molecule has 0 atom stereocenters. The van der Waals surface area contributed by atoms with Crippen LogP contribution in [-0.2, 0) is 18.8 Å². The van der Waals surface area contributed by atoms with Crippen LogP contribution in [-0.4, -0.2) is 16.2 Å². The van der Waals surface area contributed by atoms with Crippen molar-refractivity contribution >= 4 is 27.5 Å². The van der Waals surface area contributed by atoms with Crippen molar-refractivity contribution in [2.45, 2.75) is 18.8 Å². The number of ether oxygens (including phenoxy) is 1. The van der Waals surface area contributed by atoms with Gasteiger partial charge in [-0.25, -0.2) is 4.98 Å². The number of benzene rings is 1. The number of hydrogen-bond donors (Lipinski definition) is 0. The van der Waals surface area contributed by atoms with Crippen LogP contribution < -0.4 is 4.74 Å². The van der Waals surface area contributed by atoms with Crippen molar-refractivity contribution in [2.75, 3.05) is 6.61 Å². The molecular formula is C13H12BrClN2O. The molecule has 1 aliphatic heterocycles. The second-order valence-corrected chi connectivity index (χ2v) is 5.51. The van der Waals surface area contributed by atoms with Gasteiger partial charge in [-0.15, -0.1) is 11.6 Å². The van der Waals surface area contributed by atoms with E-state index >= 15 is 0 Å². The van der Waals surface area contributed by atoms with Crippen LogP contribution in [0.25, 0.3) is 0 Å². The van der Waals surface area contributed by atoms with Gasteiger partial charge >= 0.3 is 0 Å². The highest BCUT2D eigenvalue weighted by Gasteiger charge is 2.17. The Bertz CT molecular complexity index is 582. The molecular weight excluding hydrogens is 316 g/mol. The molecule has 0 aliphatic carbocycles. The Morgan fingerprint density at radius 1 is 1.44 bits per heavy atom. The van der Waals surface area contributed by atoms with Crippen LogP contribution in [0.3, 0.4) is 0 Å². The fourth-order valence-electron chi connectivity index (χ4n) is 2.22. The van der Waals surface area contributed by atoms with Crippen molar-refractivity contribution in [3.8, 4) is 5.75 Å². The first kappa shape index (κ1) is 12.1. The maximum absolute atomic E-state index is 5.75. The Labute approximate surface area is 119 Å². The molecule has 3 nitrogen and oxygen atoms in total. The third kappa shape index (κ3) is 2.27. The minimum absolute atomic E-state index is 0.445. The second-order valence-electron chi connectivity index (χ2n) is 4.32. The summed E-state index contributed by atoms with van der Waals surface area (Å²) in [6.07, 6.45) is 4.76. The van der Waals surface area contributed by atoms with Crippen LogP contribution >= 0.6 is 27.5 Å². The Hall–Kier alpha value is -1.00. The Kier molecular flexibility index (Phi) is 3.31. The molecule has 1 aromatic carbocycles. The van der Waals surface area contributed by atoms with Gasteiger partial charge in [0.15, 0.2) is 0 Å². The Morgan fingerprint density at radius 3 is 3.11 bits per heavy atom.